The average molecular weight is 274 g/mol. The van der Waals surface area contributed by atoms with Gasteiger partial charge in [0.1, 0.15) is 0 Å². The van der Waals surface area contributed by atoms with Crippen LogP contribution in [0.3, 0.4) is 0 Å². The van der Waals surface area contributed by atoms with Crippen molar-refractivity contribution in [2.24, 2.45) is 0 Å². The van der Waals surface area contributed by atoms with Gasteiger partial charge in [-0.05, 0) is 41.5 Å². The van der Waals surface area contributed by atoms with E-state index in [0.717, 1.165) is 5.57 Å². The Morgan fingerprint density at radius 3 is 2.60 bits per heavy atom. The number of halogens is 1. The molecule has 0 aliphatic heterocycles. The van der Waals surface area contributed by atoms with Crippen LogP contribution < -0.4 is 0 Å². The average Bonchev–Trinajstić information content (AvgIpc) is 1.88. The minimum atomic E-state index is 0.453. The Kier molecular flexibility index (Phi) is 6.80. The molecule has 0 spiro atoms. The molecule has 10 heavy (non-hydrogen) atoms. The molecule has 0 fully saturated rings. The summed E-state index contributed by atoms with van der Waals surface area (Å²) in [5.74, 6) is 0.453. The highest BCUT2D eigenvalue weighted by atomic mass is 127. The van der Waals surface area contributed by atoms with E-state index < -0.39 is 0 Å². The molecule has 0 amide bonds. The van der Waals surface area contributed by atoms with Crippen LogP contribution in [0.4, 0.5) is 0 Å². The standard InChI is InChI=1S/C6H12IO2P/c1-5(2)6(8)3-4-9-10-7/h8,10H,3-4H2,1-2H3. The maximum absolute atomic E-state index is 9.15. The first-order valence-corrected chi connectivity index (χ1v) is 7.03. The Hall–Kier alpha value is 0.660. The Labute approximate surface area is 76.4 Å². The minimum Gasteiger partial charge on any atom is -0.512 e. The lowest BCUT2D eigenvalue weighted by Crippen LogP contribution is -1.90. The van der Waals surface area contributed by atoms with Gasteiger partial charge < -0.3 is 9.63 Å². The van der Waals surface area contributed by atoms with Crippen LogP contribution in [0.1, 0.15) is 20.3 Å². The van der Waals surface area contributed by atoms with Crippen molar-refractivity contribution in [3.8, 4) is 0 Å². The maximum Gasteiger partial charge on any atom is 0.0932 e. The molecule has 0 saturated carbocycles. The quantitative estimate of drug-likeness (QED) is 0.369. The summed E-state index contributed by atoms with van der Waals surface area (Å²) in [5.41, 5.74) is 0.973. The molecule has 0 aromatic carbocycles. The van der Waals surface area contributed by atoms with E-state index in [9.17, 15) is 0 Å². The van der Waals surface area contributed by atoms with E-state index >= 15 is 0 Å². The zero-order valence-electron chi connectivity index (χ0n) is 6.15. The van der Waals surface area contributed by atoms with Gasteiger partial charge in [-0.2, -0.15) is 0 Å². The summed E-state index contributed by atoms with van der Waals surface area (Å²) in [6, 6.07) is 0. The molecule has 1 atom stereocenters. The van der Waals surface area contributed by atoms with Gasteiger partial charge in [0, 0.05) is 6.42 Å². The molecular formula is C6H12IO2P. The third kappa shape index (κ3) is 5.45. The summed E-state index contributed by atoms with van der Waals surface area (Å²) < 4.78 is 5.07. The Bertz CT molecular complexity index is 121. The van der Waals surface area contributed by atoms with E-state index in [1.807, 2.05) is 13.8 Å². The van der Waals surface area contributed by atoms with Crippen molar-refractivity contribution in [2.75, 3.05) is 6.61 Å². The predicted octanol–water partition coefficient (Wildman–Crippen LogP) is 3.19. The second-order valence-electron chi connectivity index (χ2n) is 2.12. The second kappa shape index (κ2) is 6.38. The third-order valence-electron chi connectivity index (χ3n) is 1.07. The van der Waals surface area contributed by atoms with Crippen LogP contribution in [0.15, 0.2) is 11.3 Å². The monoisotopic (exact) mass is 274 g/mol. The molecule has 1 N–H and O–H groups in total. The van der Waals surface area contributed by atoms with Crippen molar-refractivity contribution >= 4 is 28.5 Å². The Balaban J connectivity index is 3.40. The van der Waals surface area contributed by atoms with Crippen LogP contribution >= 0.6 is 28.5 Å². The van der Waals surface area contributed by atoms with Gasteiger partial charge >= 0.3 is 0 Å². The van der Waals surface area contributed by atoms with E-state index in [1.54, 1.807) is 0 Å². The van der Waals surface area contributed by atoms with Crippen molar-refractivity contribution in [3.63, 3.8) is 0 Å². The first kappa shape index (κ1) is 10.7. The van der Waals surface area contributed by atoms with Crippen LogP contribution in [0, 0.1) is 0 Å². The van der Waals surface area contributed by atoms with E-state index in [0.29, 0.717) is 25.2 Å². The lowest BCUT2D eigenvalue weighted by molar-refractivity contribution is 0.314. The summed E-state index contributed by atoms with van der Waals surface area (Å²) in [6.45, 7) is 4.89. The maximum atomic E-state index is 9.15. The summed E-state index contributed by atoms with van der Waals surface area (Å²) >= 11 is 2.16. The van der Waals surface area contributed by atoms with Crippen LogP contribution in [-0.2, 0) is 4.52 Å². The normalized spacial score (nSPS) is 10.7. The largest absolute Gasteiger partial charge is 0.512 e. The van der Waals surface area contributed by atoms with E-state index in [-0.39, 0.29) is 0 Å². The molecule has 0 rings (SSSR count). The number of aliphatic hydroxyl groups is 1. The van der Waals surface area contributed by atoms with Crippen LogP contribution in [0.5, 0.6) is 0 Å². The summed E-state index contributed by atoms with van der Waals surface area (Å²) in [4.78, 5) is 0. The fraction of sp³-hybridized carbons (Fsp3) is 0.667. The number of hydrogen-bond acceptors (Lipinski definition) is 2. The molecule has 60 valence electrons. The van der Waals surface area contributed by atoms with Gasteiger partial charge in [0.25, 0.3) is 0 Å². The minimum absolute atomic E-state index is 0.453. The molecule has 0 aliphatic carbocycles. The zero-order chi connectivity index (χ0) is 7.98. The molecule has 0 saturated heterocycles. The van der Waals surface area contributed by atoms with Crippen molar-refractivity contribution in [1.29, 1.82) is 0 Å². The van der Waals surface area contributed by atoms with Crippen LogP contribution in [-0.4, -0.2) is 11.7 Å². The SMILES string of the molecule is CC(C)=C(O)CCOPI. The van der Waals surface area contributed by atoms with Crippen LogP contribution in [0.2, 0.25) is 0 Å². The molecular weight excluding hydrogens is 262 g/mol. The predicted molar refractivity (Wildman–Crippen MR) is 53.9 cm³/mol. The fourth-order valence-corrected chi connectivity index (χ4v) is 1.28. The van der Waals surface area contributed by atoms with Gasteiger partial charge in [0.05, 0.1) is 18.8 Å². The third-order valence-corrected chi connectivity index (χ3v) is 2.32. The zero-order valence-corrected chi connectivity index (χ0v) is 9.31. The molecule has 0 aromatic rings. The lowest BCUT2D eigenvalue weighted by Gasteiger charge is -2.00. The Morgan fingerprint density at radius 2 is 2.20 bits per heavy atom. The van der Waals surface area contributed by atoms with Gasteiger partial charge in [-0.3, -0.25) is 0 Å². The van der Waals surface area contributed by atoms with Gasteiger partial charge in [0.2, 0.25) is 0 Å². The van der Waals surface area contributed by atoms with Crippen molar-refractivity contribution in [1.82, 2.24) is 0 Å². The van der Waals surface area contributed by atoms with E-state index in [4.69, 9.17) is 9.63 Å². The summed E-state index contributed by atoms with van der Waals surface area (Å²) in [5, 5.41) is 9.15. The van der Waals surface area contributed by atoms with Crippen LogP contribution in [0.25, 0.3) is 0 Å². The smallest absolute Gasteiger partial charge is 0.0932 e. The fourth-order valence-electron chi connectivity index (χ4n) is 0.436. The summed E-state index contributed by atoms with van der Waals surface area (Å²) in [7, 11) is 0. The first-order chi connectivity index (χ1) is 4.68. The molecule has 2 nitrogen and oxygen atoms in total. The molecule has 0 heterocycles. The highest BCUT2D eigenvalue weighted by molar-refractivity contribution is 14.2. The van der Waals surface area contributed by atoms with Gasteiger partial charge in [0.15, 0.2) is 0 Å². The van der Waals surface area contributed by atoms with Gasteiger partial charge in [-0.1, -0.05) is 0 Å². The van der Waals surface area contributed by atoms with Crippen molar-refractivity contribution in [2.45, 2.75) is 20.3 Å². The summed E-state index contributed by atoms with van der Waals surface area (Å²) in [6.07, 6.45) is 0.637. The highest BCUT2D eigenvalue weighted by Crippen LogP contribution is 2.22. The molecule has 1 unspecified atom stereocenters. The van der Waals surface area contributed by atoms with Crippen molar-refractivity contribution in [3.05, 3.63) is 11.3 Å². The number of hydrogen-bond donors (Lipinski definition) is 1. The second-order valence-corrected chi connectivity index (χ2v) is 3.89. The van der Waals surface area contributed by atoms with E-state index in [2.05, 4.69) is 22.0 Å². The molecule has 0 aromatic heterocycles. The topological polar surface area (TPSA) is 29.5 Å². The van der Waals surface area contributed by atoms with Gasteiger partial charge in [-0.25, -0.2) is 0 Å². The Morgan fingerprint density at radius 1 is 1.60 bits per heavy atom. The molecule has 0 bridgehead atoms. The number of allylic oxidation sites excluding steroid dienone is 1. The molecule has 4 heteroatoms. The number of rotatable bonds is 4. The lowest BCUT2D eigenvalue weighted by atomic mass is 10.2. The molecule has 0 radical (unpaired) electrons. The highest BCUT2D eigenvalue weighted by Gasteiger charge is 1.94. The van der Waals surface area contributed by atoms with Crippen molar-refractivity contribution < 1.29 is 9.63 Å². The van der Waals surface area contributed by atoms with E-state index in [1.165, 1.54) is 0 Å². The molecule has 0 aliphatic rings. The number of aliphatic hydroxyl groups excluding tert-OH is 1. The first-order valence-electron chi connectivity index (χ1n) is 3.01. The van der Waals surface area contributed by atoms with Gasteiger partial charge in [-0.15, -0.1) is 0 Å².